The smallest absolute Gasteiger partial charge is 0.387 e. The van der Waals surface area contributed by atoms with Gasteiger partial charge in [0.25, 0.3) is 0 Å². The minimum Gasteiger partial charge on any atom is -0.387 e. The fourth-order valence-corrected chi connectivity index (χ4v) is 12.5. The van der Waals surface area contributed by atoms with Gasteiger partial charge in [0.2, 0.25) is 5.91 Å². The van der Waals surface area contributed by atoms with E-state index >= 15 is 0 Å². The zero-order valence-corrected chi connectivity index (χ0v) is 58.8. The van der Waals surface area contributed by atoms with E-state index < -0.39 is 20.0 Å². The van der Waals surface area contributed by atoms with Crippen molar-refractivity contribution in [1.29, 1.82) is 0 Å². The number of phosphoric acid groups is 1. The maximum absolute atomic E-state index is 13.1. The first-order chi connectivity index (χ1) is 41.5. The summed E-state index contributed by atoms with van der Waals surface area (Å²) in [6, 6.07) is -0.870. The Morgan fingerprint density at radius 1 is 0.388 bits per heavy atom. The van der Waals surface area contributed by atoms with Crippen LogP contribution in [0.15, 0.2) is 36.5 Å². The minimum absolute atomic E-state index is 0.0555. The van der Waals surface area contributed by atoms with Crippen molar-refractivity contribution < 1.29 is 32.9 Å². The summed E-state index contributed by atoms with van der Waals surface area (Å²) in [5.74, 6) is -0.182. The molecule has 0 aromatic carbocycles. The lowest BCUT2D eigenvalue weighted by Gasteiger charge is -2.25. The van der Waals surface area contributed by atoms with Crippen LogP contribution >= 0.6 is 7.82 Å². The largest absolute Gasteiger partial charge is 0.472 e. The van der Waals surface area contributed by atoms with Gasteiger partial charge in [-0.05, 0) is 44.9 Å². The van der Waals surface area contributed by atoms with Gasteiger partial charge < -0.3 is 19.8 Å². The average Bonchev–Trinajstić information content (AvgIpc) is 3.49. The maximum atomic E-state index is 13.1. The van der Waals surface area contributed by atoms with E-state index in [4.69, 9.17) is 9.05 Å². The summed E-state index contributed by atoms with van der Waals surface area (Å²) in [7, 11) is 1.56. The number of aliphatic hydroxyl groups is 1. The van der Waals surface area contributed by atoms with Gasteiger partial charge in [-0.1, -0.05) is 378 Å². The number of phosphoric ester groups is 1. The molecule has 0 saturated carbocycles. The lowest BCUT2D eigenvalue weighted by Crippen LogP contribution is -2.45. The number of carbonyl (C=O) groups excluding carboxylic acids is 1. The molecule has 3 atom stereocenters. The third kappa shape index (κ3) is 70.0. The summed E-state index contributed by atoms with van der Waals surface area (Å²) < 4.78 is 23.8. The van der Waals surface area contributed by atoms with Crippen molar-refractivity contribution in [2.24, 2.45) is 0 Å². The van der Waals surface area contributed by atoms with Crippen LogP contribution in [0.5, 0.6) is 0 Å². The SMILES string of the molecule is CCCCCCCCCCCCCCCCCCCCCCCC/C=C/CC/C=C/CC/C=C/C(O)C(COP(=O)(O)OCC[N+](C)(C)C)NC(=O)CCCCCCCCCCCCCCCCCCCCCCCCCCCCCCCCC. The molecule has 0 bridgehead atoms. The first-order valence-electron chi connectivity index (χ1n) is 37.9. The molecule has 0 rings (SSSR count). The number of unbranched alkanes of at least 4 members (excludes halogenated alkanes) is 54. The van der Waals surface area contributed by atoms with E-state index in [1.165, 1.54) is 327 Å². The third-order valence-corrected chi connectivity index (χ3v) is 18.6. The molecule has 9 heteroatoms. The van der Waals surface area contributed by atoms with Crippen molar-refractivity contribution in [2.75, 3.05) is 40.9 Å². The summed E-state index contributed by atoms with van der Waals surface area (Å²) in [5, 5.41) is 14.0. The van der Waals surface area contributed by atoms with Crippen LogP contribution in [0.3, 0.4) is 0 Å². The van der Waals surface area contributed by atoms with Gasteiger partial charge in [0.05, 0.1) is 39.9 Å². The summed E-state index contributed by atoms with van der Waals surface area (Å²) in [6.07, 6.45) is 90.5. The van der Waals surface area contributed by atoms with Crippen LogP contribution in [-0.2, 0) is 18.4 Å². The van der Waals surface area contributed by atoms with Gasteiger partial charge in [0.1, 0.15) is 13.2 Å². The topological polar surface area (TPSA) is 105 Å². The highest BCUT2D eigenvalue weighted by molar-refractivity contribution is 7.47. The molecule has 0 aliphatic carbocycles. The fourth-order valence-electron chi connectivity index (χ4n) is 11.7. The normalized spacial score (nSPS) is 13.7. The Morgan fingerprint density at radius 2 is 0.647 bits per heavy atom. The van der Waals surface area contributed by atoms with Gasteiger partial charge in [-0.25, -0.2) is 4.57 Å². The zero-order chi connectivity index (χ0) is 61.9. The highest BCUT2D eigenvalue weighted by atomic mass is 31.2. The fraction of sp³-hybridized carbons (Fsp3) is 0.908. The van der Waals surface area contributed by atoms with Crippen LogP contribution in [0.4, 0.5) is 0 Å². The molecule has 0 heterocycles. The molecule has 3 unspecified atom stereocenters. The van der Waals surface area contributed by atoms with Gasteiger partial charge >= 0.3 is 7.82 Å². The number of allylic oxidation sites excluding steroid dienone is 5. The Hall–Kier alpha value is -1.28. The predicted octanol–water partition coefficient (Wildman–Crippen LogP) is 24.4. The van der Waals surface area contributed by atoms with E-state index in [9.17, 15) is 19.4 Å². The summed E-state index contributed by atoms with van der Waals surface area (Å²) in [5.41, 5.74) is 0. The molecule has 0 radical (unpaired) electrons. The van der Waals surface area contributed by atoms with Crippen molar-refractivity contribution in [1.82, 2.24) is 5.32 Å². The van der Waals surface area contributed by atoms with E-state index in [0.29, 0.717) is 17.4 Å². The minimum atomic E-state index is -4.37. The number of amides is 1. The van der Waals surface area contributed by atoms with Crippen LogP contribution in [0, 0.1) is 0 Å². The van der Waals surface area contributed by atoms with Gasteiger partial charge in [0.15, 0.2) is 0 Å². The van der Waals surface area contributed by atoms with Crippen LogP contribution in [0.25, 0.3) is 0 Å². The molecule has 3 N–H and O–H groups in total. The maximum Gasteiger partial charge on any atom is 0.472 e. The number of hydrogen-bond acceptors (Lipinski definition) is 5. The first-order valence-corrected chi connectivity index (χ1v) is 39.4. The van der Waals surface area contributed by atoms with Crippen LogP contribution < -0.4 is 5.32 Å². The number of rotatable bonds is 71. The molecule has 0 aromatic heterocycles. The van der Waals surface area contributed by atoms with Crippen LogP contribution in [0.1, 0.15) is 393 Å². The molecular weight excluding hydrogens is 1070 g/mol. The zero-order valence-electron chi connectivity index (χ0n) is 57.9. The molecule has 0 aliphatic heterocycles. The van der Waals surface area contributed by atoms with Crippen molar-refractivity contribution >= 4 is 13.7 Å². The molecule has 8 nitrogen and oxygen atoms in total. The van der Waals surface area contributed by atoms with E-state index in [1.807, 2.05) is 27.2 Å². The average molecular weight is 1220 g/mol. The second-order valence-electron chi connectivity index (χ2n) is 27.4. The Labute approximate surface area is 531 Å². The molecule has 0 aliphatic rings. The monoisotopic (exact) mass is 1220 g/mol. The Bertz CT molecular complexity index is 1480. The van der Waals surface area contributed by atoms with Crippen molar-refractivity contribution in [3.05, 3.63) is 36.5 Å². The van der Waals surface area contributed by atoms with E-state index in [1.54, 1.807) is 6.08 Å². The number of quaternary nitrogens is 1. The second kappa shape index (κ2) is 67.1. The number of hydrogen-bond donors (Lipinski definition) is 3. The number of nitrogens with one attached hydrogen (secondary N) is 1. The summed E-state index contributed by atoms with van der Waals surface area (Å²) in [4.78, 5) is 23.4. The third-order valence-electron chi connectivity index (χ3n) is 17.6. The quantitative estimate of drug-likeness (QED) is 0.0243. The van der Waals surface area contributed by atoms with Gasteiger partial charge in [-0.2, -0.15) is 0 Å². The highest BCUT2D eigenvalue weighted by Crippen LogP contribution is 2.43. The molecule has 0 saturated heterocycles. The standard InChI is InChI=1S/C76H149N2O6P/c1-6-8-10-12-14-16-18-20-22-24-26-28-30-32-34-36-38-40-41-43-45-47-49-51-53-55-57-59-61-63-65-67-69-75(79)74(73-84-85(81,82)83-72-71-78(3,4)5)77-76(80)70-68-66-64-62-60-58-56-54-52-50-48-46-44-42-39-37-35-33-31-29-27-25-23-21-19-17-15-13-11-9-7-2/h51,53,59,61,67,69,74-75,79H,6-50,52,54-58,60,62-66,68,70-73H2,1-5H3,(H-,77,80,81,82)/p+1/b53-51+,61-59+,69-67+. The van der Waals surface area contributed by atoms with Gasteiger partial charge in [-0.15, -0.1) is 0 Å². The van der Waals surface area contributed by atoms with E-state index in [2.05, 4.69) is 43.5 Å². The molecule has 0 spiro atoms. The Morgan fingerprint density at radius 3 is 0.941 bits per heavy atom. The molecule has 0 fully saturated rings. The Kier molecular flexibility index (Phi) is 66.1. The van der Waals surface area contributed by atoms with Crippen molar-refractivity contribution in [3.63, 3.8) is 0 Å². The molecule has 504 valence electrons. The second-order valence-corrected chi connectivity index (χ2v) is 28.8. The van der Waals surface area contributed by atoms with Crippen LogP contribution in [0.2, 0.25) is 0 Å². The lowest BCUT2D eigenvalue weighted by atomic mass is 10.0. The van der Waals surface area contributed by atoms with Gasteiger partial charge in [0, 0.05) is 6.42 Å². The Balaban J connectivity index is 4.05. The first kappa shape index (κ1) is 83.7. The summed E-state index contributed by atoms with van der Waals surface area (Å²) >= 11 is 0. The number of nitrogens with zero attached hydrogens (tertiary/aromatic N) is 1. The van der Waals surface area contributed by atoms with Crippen molar-refractivity contribution in [2.45, 2.75) is 405 Å². The molecular formula is C76H150N2O6P+. The van der Waals surface area contributed by atoms with E-state index in [0.717, 1.165) is 44.9 Å². The molecule has 85 heavy (non-hydrogen) atoms. The van der Waals surface area contributed by atoms with E-state index in [-0.39, 0.29) is 19.1 Å². The molecule has 0 aromatic rings. The number of likely N-dealkylation sites (N-methyl/N-ethyl adjacent to an activating group) is 1. The predicted molar refractivity (Wildman–Crippen MR) is 374 cm³/mol. The van der Waals surface area contributed by atoms with Crippen molar-refractivity contribution in [3.8, 4) is 0 Å². The number of aliphatic hydroxyl groups excluding tert-OH is 1. The van der Waals surface area contributed by atoms with Crippen LogP contribution in [-0.4, -0.2) is 73.4 Å². The molecule has 1 amide bonds. The highest BCUT2D eigenvalue weighted by Gasteiger charge is 2.28. The lowest BCUT2D eigenvalue weighted by molar-refractivity contribution is -0.870. The van der Waals surface area contributed by atoms with Gasteiger partial charge in [-0.3, -0.25) is 13.8 Å². The summed E-state index contributed by atoms with van der Waals surface area (Å²) in [6.45, 7) is 4.86. The number of carbonyl (C=O) groups is 1.